The van der Waals surface area contributed by atoms with Crippen LogP contribution in [0.2, 0.25) is 0 Å². The van der Waals surface area contributed by atoms with Crippen molar-refractivity contribution >= 4 is 0 Å². The Morgan fingerprint density at radius 3 is 2.43 bits per heavy atom. The van der Waals surface area contributed by atoms with Crippen molar-refractivity contribution in [1.29, 1.82) is 0 Å². The van der Waals surface area contributed by atoms with E-state index in [0.717, 1.165) is 24.0 Å². The van der Waals surface area contributed by atoms with Gasteiger partial charge >= 0.3 is 0 Å². The molecular weight excluding hydrogens is 172 g/mol. The third-order valence-electron chi connectivity index (χ3n) is 4.16. The van der Waals surface area contributed by atoms with Crippen molar-refractivity contribution in [3.05, 3.63) is 0 Å². The van der Waals surface area contributed by atoms with Crippen molar-refractivity contribution in [1.82, 2.24) is 10.2 Å². The molecule has 3 unspecified atom stereocenters. The summed E-state index contributed by atoms with van der Waals surface area (Å²) in [5.74, 6) is 0.999. The van der Waals surface area contributed by atoms with E-state index in [4.69, 9.17) is 0 Å². The maximum atomic E-state index is 3.59. The number of nitrogens with zero attached hydrogens (tertiary/aromatic N) is 1. The van der Waals surface area contributed by atoms with Gasteiger partial charge in [-0.25, -0.2) is 0 Å². The van der Waals surface area contributed by atoms with Gasteiger partial charge in [-0.1, -0.05) is 0 Å². The predicted molar refractivity (Wildman–Crippen MR) is 60.4 cm³/mol. The van der Waals surface area contributed by atoms with Crippen LogP contribution in [0.15, 0.2) is 0 Å². The lowest BCUT2D eigenvalue weighted by Gasteiger charge is -2.38. The molecule has 0 spiro atoms. The van der Waals surface area contributed by atoms with Crippen molar-refractivity contribution in [2.24, 2.45) is 5.92 Å². The molecule has 0 aromatic heterocycles. The molecule has 2 heteroatoms. The molecular formula is C12H24N2. The Kier molecular flexibility index (Phi) is 3.13. The van der Waals surface area contributed by atoms with Crippen LogP contribution in [0.25, 0.3) is 0 Å². The fourth-order valence-corrected chi connectivity index (χ4v) is 2.58. The van der Waals surface area contributed by atoms with Crippen LogP contribution in [-0.2, 0) is 0 Å². The van der Waals surface area contributed by atoms with Gasteiger partial charge in [0.2, 0.25) is 0 Å². The second kappa shape index (κ2) is 4.19. The smallest absolute Gasteiger partial charge is 0.0221 e. The standard InChI is InChI=1S/C12H24N2/c1-9-4-7-12(8-13-9)14(3)10(2)11-5-6-11/h9-13H,4-8H2,1-3H3. The van der Waals surface area contributed by atoms with Gasteiger partial charge in [-0.15, -0.1) is 0 Å². The fourth-order valence-electron chi connectivity index (χ4n) is 2.58. The normalized spacial score (nSPS) is 36.0. The van der Waals surface area contributed by atoms with Crippen LogP contribution in [0.4, 0.5) is 0 Å². The van der Waals surface area contributed by atoms with E-state index in [0.29, 0.717) is 0 Å². The molecule has 2 rings (SSSR count). The molecule has 14 heavy (non-hydrogen) atoms. The Balaban J connectivity index is 1.81. The first-order chi connectivity index (χ1) is 6.68. The molecule has 0 aromatic rings. The summed E-state index contributed by atoms with van der Waals surface area (Å²) in [6.45, 7) is 5.88. The van der Waals surface area contributed by atoms with Gasteiger partial charge in [0.1, 0.15) is 0 Å². The van der Waals surface area contributed by atoms with Gasteiger partial charge in [0.15, 0.2) is 0 Å². The van der Waals surface area contributed by atoms with Crippen molar-refractivity contribution < 1.29 is 0 Å². The van der Waals surface area contributed by atoms with Crippen molar-refractivity contribution in [2.75, 3.05) is 13.6 Å². The first-order valence-electron chi connectivity index (χ1n) is 6.14. The lowest BCUT2D eigenvalue weighted by atomic mass is 9.99. The number of piperidine rings is 1. The number of hydrogen-bond donors (Lipinski definition) is 1. The molecule has 82 valence electrons. The average Bonchev–Trinajstić information content (AvgIpc) is 3.00. The summed E-state index contributed by atoms with van der Waals surface area (Å²) in [7, 11) is 2.31. The highest BCUT2D eigenvalue weighted by Gasteiger charge is 2.33. The number of nitrogens with one attached hydrogen (secondary N) is 1. The first kappa shape index (κ1) is 10.4. The second-order valence-corrected chi connectivity index (χ2v) is 5.28. The summed E-state index contributed by atoms with van der Waals surface area (Å²) in [4.78, 5) is 2.61. The Hall–Kier alpha value is -0.0800. The summed E-state index contributed by atoms with van der Waals surface area (Å²) in [6.07, 6.45) is 5.64. The highest BCUT2D eigenvalue weighted by Crippen LogP contribution is 2.35. The van der Waals surface area contributed by atoms with Crippen molar-refractivity contribution in [2.45, 2.75) is 57.7 Å². The van der Waals surface area contributed by atoms with Crippen LogP contribution >= 0.6 is 0 Å². The maximum absolute atomic E-state index is 3.59. The fraction of sp³-hybridized carbons (Fsp3) is 1.00. The summed E-state index contributed by atoms with van der Waals surface area (Å²) in [5.41, 5.74) is 0. The van der Waals surface area contributed by atoms with Crippen LogP contribution < -0.4 is 5.32 Å². The van der Waals surface area contributed by atoms with Crippen LogP contribution in [0.5, 0.6) is 0 Å². The Morgan fingerprint density at radius 1 is 1.21 bits per heavy atom. The van der Waals surface area contributed by atoms with E-state index >= 15 is 0 Å². The van der Waals surface area contributed by atoms with E-state index < -0.39 is 0 Å². The largest absolute Gasteiger partial charge is 0.313 e. The minimum atomic E-state index is 0.732. The number of likely N-dealkylation sites (N-methyl/N-ethyl adjacent to an activating group) is 1. The molecule has 3 atom stereocenters. The lowest BCUT2D eigenvalue weighted by molar-refractivity contribution is 0.132. The lowest BCUT2D eigenvalue weighted by Crippen LogP contribution is -2.50. The van der Waals surface area contributed by atoms with Crippen molar-refractivity contribution in [3.8, 4) is 0 Å². The number of rotatable bonds is 3. The monoisotopic (exact) mass is 196 g/mol. The summed E-state index contributed by atoms with van der Waals surface area (Å²) in [6, 6.07) is 2.31. The van der Waals surface area contributed by atoms with Crippen LogP contribution in [0, 0.1) is 5.92 Å². The SMILES string of the molecule is CC1CCC(N(C)C(C)C2CC2)CN1. The molecule has 1 N–H and O–H groups in total. The van der Waals surface area contributed by atoms with E-state index in [2.05, 4.69) is 31.1 Å². The van der Waals surface area contributed by atoms with Gasteiger partial charge in [-0.3, -0.25) is 4.90 Å². The average molecular weight is 196 g/mol. The zero-order valence-electron chi connectivity index (χ0n) is 9.79. The van der Waals surface area contributed by atoms with E-state index in [1.165, 1.54) is 32.2 Å². The van der Waals surface area contributed by atoms with Crippen LogP contribution in [0.3, 0.4) is 0 Å². The summed E-state index contributed by atoms with van der Waals surface area (Å²) in [5, 5.41) is 3.59. The second-order valence-electron chi connectivity index (χ2n) is 5.28. The third kappa shape index (κ3) is 2.29. The van der Waals surface area contributed by atoms with Gasteiger partial charge in [-0.2, -0.15) is 0 Å². The van der Waals surface area contributed by atoms with Gasteiger partial charge in [0.05, 0.1) is 0 Å². The molecule has 1 saturated heterocycles. The van der Waals surface area contributed by atoms with Gasteiger partial charge in [0, 0.05) is 24.7 Å². The van der Waals surface area contributed by atoms with Crippen LogP contribution in [-0.4, -0.2) is 36.6 Å². The molecule has 0 aromatic carbocycles. The van der Waals surface area contributed by atoms with E-state index in [9.17, 15) is 0 Å². The highest BCUT2D eigenvalue weighted by atomic mass is 15.2. The minimum Gasteiger partial charge on any atom is -0.313 e. The minimum absolute atomic E-state index is 0.732. The van der Waals surface area contributed by atoms with Gasteiger partial charge in [0.25, 0.3) is 0 Å². The molecule has 0 amide bonds. The van der Waals surface area contributed by atoms with Crippen LogP contribution in [0.1, 0.15) is 39.5 Å². The first-order valence-corrected chi connectivity index (χ1v) is 6.14. The molecule has 0 radical (unpaired) electrons. The zero-order chi connectivity index (χ0) is 10.1. The molecule has 1 aliphatic carbocycles. The predicted octanol–water partition coefficient (Wildman–Crippen LogP) is 1.86. The summed E-state index contributed by atoms with van der Waals surface area (Å²) >= 11 is 0. The molecule has 1 saturated carbocycles. The molecule has 2 nitrogen and oxygen atoms in total. The quantitative estimate of drug-likeness (QED) is 0.741. The van der Waals surface area contributed by atoms with E-state index in [1.54, 1.807) is 0 Å². The third-order valence-corrected chi connectivity index (χ3v) is 4.16. The Bertz CT molecular complexity index is 181. The molecule has 1 aliphatic heterocycles. The molecule has 2 aliphatic rings. The van der Waals surface area contributed by atoms with Gasteiger partial charge in [-0.05, 0) is 52.5 Å². The Labute approximate surface area is 88.1 Å². The maximum Gasteiger partial charge on any atom is 0.0221 e. The van der Waals surface area contributed by atoms with E-state index in [1.807, 2.05) is 0 Å². The van der Waals surface area contributed by atoms with E-state index in [-0.39, 0.29) is 0 Å². The van der Waals surface area contributed by atoms with Crippen molar-refractivity contribution in [3.63, 3.8) is 0 Å². The molecule has 1 heterocycles. The Morgan fingerprint density at radius 2 is 1.93 bits per heavy atom. The highest BCUT2D eigenvalue weighted by molar-refractivity contribution is 4.89. The summed E-state index contributed by atoms with van der Waals surface area (Å²) < 4.78 is 0. The molecule has 2 fully saturated rings. The topological polar surface area (TPSA) is 15.3 Å². The molecule has 0 bridgehead atoms. The number of hydrogen-bond acceptors (Lipinski definition) is 2. The zero-order valence-corrected chi connectivity index (χ0v) is 9.79. The van der Waals surface area contributed by atoms with Gasteiger partial charge < -0.3 is 5.32 Å².